The van der Waals surface area contributed by atoms with E-state index in [1.54, 1.807) is 0 Å². The SMILES string of the molecule is Brc1ccccc1C(Cc1ccccn1)N1CCNCC1. The highest BCUT2D eigenvalue weighted by Gasteiger charge is 2.24. The lowest BCUT2D eigenvalue weighted by molar-refractivity contribution is 0.171. The molecule has 1 unspecified atom stereocenters. The zero-order chi connectivity index (χ0) is 14.5. The number of halogens is 1. The standard InChI is InChI=1S/C17H20BrN3/c18-16-7-2-1-6-15(16)17(21-11-9-19-10-12-21)13-14-5-3-4-8-20-14/h1-8,17,19H,9-13H2. The van der Waals surface area contributed by atoms with Gasteiger partial charge in [-0.05, 0) is 23.8 Å². The number of nitrogens with zero attached hydrogens (tertiary/aromatic N) is 2. The molecule has 1 saturated heterocycles. The molecule has 2 aromatic rings. The van der Waals surface area contributed by atoms with Gasteiger partial charge in [0.1, 0.15) is 0 Å². The van der Waals surface area contributed by atoms with Gasteiger partial charge in [0.05, 0.1) is 0 Å². The van der Waals surface area contributed by atoms with Crippen molar-refractivity contribution < 1.29 is 0 Å². The van der Waals surface area contributed by atoms with Crippen molar-refractivity contribution in [3.63, 3.8) is 0 Å². The molecule has 3 rings (SSSR count). The number of piperazine rings is 1. The second-order valence-corrected chi connectivity index (χ2v) is 6.20. The molecule has 2 heterocycles. The summed E-state index contributed by atoms with van der Waals surface area (Å²) in [5.41, 5.74) is 2.50. The molecule has 1 N–H and O–H groups in total. The monoisotopic (exact) mass is 345 g/mol. The smallest absolute Gasteiger partial charge is 0.0422 e. The van der Waals surface area contributed by atoms with E-state index in [1.807, 2.05) is 12.3 Å². The van der Waals surface area contributed by atoms with Gasteiger partial charge in [0.25, 0.3) is 0 Å². The molecule has 0 aliphatic carbocycles. The summed E-state index contributed by atoms with van der Waals surface area (Å²) in [6.45, 7) is 4.28. The Morgan fingerprint density at radius 3 is 2.57 bits per heavy atom. The highest BCUT2D eigenvalue weighted by atomic mass is 79.9. The second kappa shape index (κ2) is 7.16. The van der Waals surface area contributed by atoms with Crippen LogP contribution in [0.3, 0.4) is 0 Å². The van der Waals surface area contributed by atoms with Gasteiger partial charge in [-0.15, -0.1) is 0 Å². The molecule has 0 radical (unpaired) electrons. The van der Waals surface area contributed by atoms with Crippen LogP contribution < -0.4 is 5.32 Å². The average Bonchev–Trinajstić information content (AvgIpc) is 2.55. The van der Waals surface area contributed by atoms with Crippen LogP contribution in [0.4, 0.5) is 0 Å². The number of hydrogen-bond acceptors (Lipinski definition) is 3. The van der Waals surface area contributed by atoms with Crippen molar-refractivity contribution in [1.82, 2.24) is 15.2 Å². The third kappa shape index (κ3) is 3.70. The zero-order valence-electron chi connectivity index (χ0n) is 12.0. The number of nitrogens with one attached hydrogen (secondary N) is 1. The van der Waals surface area contributed by atoms with E-state index in [2.05, 4.69) is 67.5 Å². The van der Waals surface area contributed by atoms with E-state index < -0.39 is 0 Å². The van der Waals surface area contributed by atoms with Crippen LogP contribution in [0.25, 0.3) is 0 Å². The zero-order valence-corrected chi connectivity index (χ0v) is 13.6. The lowest BCUT2D eigenvalue weighted by Crippen LogP contribution is -2.45. The van der Waals surface area contributed by atoms with Crippen LogP contribution in [0.5, 0.6) is 0 Å². The summed E-state index contributed by atoms with van der Waals surface area (Å²) in [5.74, 6) is 0. The Kier molecular flexibility index (Phi) is 5.01. The summed E-state index contributed by atoms with van der Waals surface area (Å²) in [6.07, 6.45) is 2.83. The molecule has 1 aliphatic heterocycles. The molecule has 0 spiro atoms. The summed E-state index contributed by atoms with van der Waals surface area (Å²) in [5, 5.41) is 3.43. The van der Waals surface area contributed by atoms with E-state index in [9.17, 15) is 0 Å². The van der Waals surface area contributed by atoms with Crippen LogP contribution >= 0.6 is 15.9 Å². The maximum Gasteiger partial charge on any atom is 0.0422 e. The molecular weight excluding hydrogens is 326 g/mol. The predicted octanol–water partition coefficient (Wildman–Crippen LogP) is 3.03. The normalized spacial score (nSPS) is 17.6. The van der Waals surface area contributed by atoms with E-state index in [4.69, 9.17) is 0 Å². The van der Waals surface area contributed by atoms with Crippen molar-refractivity contribution in [2.75, 3.05) is 26.2 Å². The Bertz CT molecular complexity index is 567. The van der Waals surface area contributed by atoms with Gasteiger partial charge in [-0.2, -0.15) is 0 Å². The Balaban J connectivity index is 1.89. The van der Waals surface area contributed by atoms with Crippen LogP contribution in [0.15, 0.2) is 53.1 Å². The van der Waals surface area contributed by atoms with Crippen molar-refractivity contribution >= 4 is 15.9 Å². The van der Waals surface area contributed by atoms with Gasteiger partial charge in [0, 0.05) is 55.0 Å². The van der Waals surface area contributed by atoms with Gasteiger partial charge in [-0.3, -0.25) is 9.88 Å². The molecule has 110 valence electrons. The minimum Gasteiger partial charge on any atom is -0.314 e. The molecule has 0 bridgehead atoms. The molecular formula is C17H20BrN3. The van der Waals surface area contributed by atoms with Gasteiger partial charge in [-0.1, -0.05) is 40.2 Å². The number of hydrogen-bond donors (Lipinski definition) is 1. The van der Waals surface area contributed by atoms with Crippen LogP contribution in [0.1, 0.15) is 17.3 Å². The molecule has 0 amide bonds. The maximum absolute atomic E-state index is 4.51. The van der Waals surface area contributed by atoms with E-state index in [1.165, 1.54) is 10.0 Å². The number of pyridine rings is 1. The van der Waals surface area contributed by atoms with E-state index in [-0.39, 0.29) is 0 Å². The van der Waals surface area contributed by atoms with Crippen molar-refractivity contribution in [3.8, 4) is 0 Å². The molecule has 1 aliphatic rings. The van der Waals surface area contributed by atoms with Crippen molar-refractivity contribution in [1.29, 1.82) is 0 Å². The Hall–Kier alpha value is -1.23. The van der Waals surface area contributed by atoms with Crippen molar-refractivity contribution in [2.45, 2.75) is 12.5 Å². The Morgan fingerprint density at radius 2 is 1.86 bits per heavy atom. The maximum atomic E-state index is 4.51. The van der Waals surface area contributed by atoms with Crippen LogP contribution in [0, 0.1) is 0 Å². The fourth-order valence-corrected chi connectivity index (χ4v) is 3.44. The molecule has 21 heavy (non-hydrogen) atoms. The quantitative estimate of drug-likeness (QED) is 0.922. The first-order chi connectivity index (χ1) is 10.3. The van der Waals surface area contributed by atoms with Gasteiger partial charge in [0.2, 0.25) is 0 Å². The fourth-order valence-electron chi connectivity index (χ4n) is 2.89. The van der Waals surface area contributed by atoms with Crippen molar-refractivity contribution in [3.05, 3.63) is 64.4 Å². The summed E-state index contributed by atoms with van der Waals surface area (Å²) < 4.78 is 1.18. The van der Waals surface area contributed by atoms with Gasteiger partial charge >= 0.3 is 0 Å². The van der Waals surface area contributed by atoms with Crippen molar-refractivity contribution in [2.24, 2.45) is 0 Å². The third-order valence-corrected chi connectivity index (χ3v) is 4.71. The van der Waals surface area contributed by atoms with Crippen LogP contribution in [-0.2, 0) is 6.42 Å². The summed E-state index contributed by atoms with van der Waals surface area (Å²) in [6, 6.07) is 15.1. The number of benzene rings is 1. The number of rotatable bonds is 4. The largest absolute Gasteiger partial charge is 0.314 e. The lowest BCUT2D eigenvalue weighted by Gasteiger charge is -2.35. The molecule has 0 saturated carbocycles. The van der Waals surface area contributed by atoms with E-state index in [0.29, 0.717) is 6.04 Å². The topological polar surface area (TPSA) is 28.2 Å². The van der Waals surface area contributed by atoms with Gasteiger partial charge in [0.15, 0.2) is 0 Å². The molecule has 1 aromatic heterocycles. The third-order valence-electron chi connectivity index (χ3n) is 3.99. The highest BCUT2D eigenvalue weighted by Crippen LogP contribution is 2.30. The number of aromatic nitrogens is 1. The van der Waals surface area contributed by atoms with E-state index in [0.717, 1.165) is 38.3 Å². The first-order valence-electron chi connectivity index (χ1n) is 7.44. The van der Waals surface area contributed by atoms with E-state index >= 15 is 0 Å². The Labute approximate surface area is 134 Å². The minimum absolute atomic E-state index is 0.373. The lowest BCUT2D eigenvalue weighted by atomic mass is 9.99. The van der Waals surface area contributed by atoms with Gasteiger partial charge in [-0.25, -0.2) is 0 Å². The average molecular weight is 346 g/mol. The minimum atomic E-state index is 0.373. The first-order valence-corrected chi connectivity index (χ1v) is 8.23. The van der Waals surface area contributed by atoms with Crippen LogP contribution in [-0.4, -0.2) is 36.1 Å². The second-order valence-electron chi connectivity index (χ2n) is 5.35. The highest BCUT2D eigenvalue weighted by molar-refractivity contribution is 9.10. The van der Waals surface area contributed by atoms with Gasteiger partial charge < -0.3 is 5.32 Å². The Morgan fingerprint density at radius 1 is 1.10 bits per heavy atom. The fraction of sp³-hybridized carbons (Fsp3) is 0.353. The summed E-state index contributed by atoms with van der Waals surface area (Å²) in [7, 11) is 0. The molecule has 1 atom stereocenters. The first kappa shape index (κ1) is 14.7. The molecule has 1 aromatic carbocycles. The summed E-state index contributed by atoms with van der Waals surface area (Å²) >= 11 is 3.71. The molecule has 1 fully saturated rings. The summed E-state index contributed by atoms with van der Waals surface area (Å²) in [4.78, 5) is 7.07. The van der Waals surface area contributed by atoms with Crippen LogP contribution in [0.2, 0.25) is 0 Å². The predicted molar refractivity (Wildman–Crippen MR) is 89.3 cm³/mol. The molecule has 3 nitrogen and oxygen atoms in total. The molecule has 4 heteroatoms.